The molecule has 6 nitrogen and oxygen atoms in total. The molecule has 0 fully saturated rings. The predicted molar refractivity (Wildman–Crippen MR) is 109 cm³/mol. The fourth-order valence-electron chi connectivity index (χ4n) is 2.48. The van der Waals surface area contributed by atoms with Gasteiger partial charge in [-0.1, -0.05) is 19.1 Å². The van der Waals surface area contributed by atoms with Gasteiger partial charge in [0.05, 0.1) is 11.2 Å². The molecule has 3 aromatic rings. The highest BCUT2D eigenvalue weighted by Crippen LogP contribution is 2.23. The van der Waals surface area contributed by atoms with Crippen LogP contribution in [-0.4, -0.2) is 46.5 Å². The van der Waals surface area contributed by atoms with Gasteiger partial charge in [0, 0.05) is 29.4 Å². The van der Waals surface area contributed by atoms with Crippen molar-refractivity contribution in [2.75, 3.05) is 37.3 Å². The predicted octanol–water partition coefficient (Wildman–Crippen LogP) is 4.10. The highest BCUT2D eigenvalue weighted by molar-refractivity contribution is 7.07. The molecule has 0 saturated carbocycles. The van der Waals surface area contributed by atoms with E-state index in [-0.39, 0.29) is 0 Å². The second-order valence-electron chi connectivity index (χ2n) is 6.02. The van der Waals surface area contributed by atoms with Gasteiger partial charge in [0.2, 0.25) is 5.95 Å². The number of rotatable bonds is 9. The summed E-state index contributed by atoms with van der Waals surface area (Å²) in [5.74, 6) is 1.41. The molecule has 2 N–H and O–H groups in total. The fourth-order valence-corrected chi connectivity index (χ4v) is 3.04. The second-order valence-corrected chi connectivity index (χ2v) is 6.74. The van der Waals surface area contributed by atoms with Gasteiger partial charge in [-0.3, -0.25) is 0 Å². The first-order chi connectivity index (χ1) is 12.7. The van der Waals surface area contributed by atoms with Gasteiger partial charge in [0.25, 0.3) is 0 Å². The SMILES string of the molecule is CCN(C)CCCNc1ccnc(Nc2cccc(-c3cscn3)c2)n1. The minimum absolute atomic E-state index is 0.580. The number of nitrogens with zero attached hydrogens (tertiary/aromatic N) is 4. The number of anilines is 3. The summed E-state index contributed by atoms with van der Waals surface area (Å²) < 4.78 is 0. The number of hydrogen-bond donors (Lipinski definition) is 2. The summed E-state index contributed by atoms with van der Waals surface area (Å²) in [4.78, 5) is 15.5. The van der Waals surface area contributed by atoms with Crippen molar-refractivity contribution in [2.24, 2.45) is 0 Å². The lowest BCUT2D eigenvalue weighted by molar-refractivity contribution is 0.351. The maximum atomic E-state index is 4.54. The van der Waals surface area contributed by atoms with Crippen molar-refractivity contribution >= 4 is 28.8 Å². The van der Waals surface area contributed by atoms with E-state index < -0.39 is 0 Å². The average molecular weight is 369 g/mol. The zero-order chi connectivity index (χ0) is 18.2. The molecule has 0 aliphatic rings. The molecule has 136 valence electrons. The zero-order valence-electron chi connectivity index (χ0n) is 15.1. The van der Waals surface area contributed by atoms with E-state index in [4.69, 9.17) is 0 Å². The number of hydrogen-bond acceptors (Lipinski definition) is 7. The Labute approximate surface area is 158 Å². The Hall–Kier alpha value is -2.51. The van der Waals surface area contributed by atoms with Crippen LogP contribution >= 0.6 is 11.3 Å². The Morgan fingerprint density at radius 1 is 1.19 bits per heavy atom. The number of nitrogens with one attached hydrogen (secondary N) is 2. The first kappa shape index (κ1) is 18.3. The van der Waals surface area contributed by atoms with E-state index in [0.717, 1.165) is 48.8 Å². The van der Waals surface area contributed by atoms with Crippen LogP contribution in [0.15, 0.2) is 47.4 Å². The molecule has 0 radical (unpaired) electrons. The summed E-state index contributed by atoms with van der Waals surface area (Å²) in [6.45, 7) is 5.20. The Balaban J connectivity index is 1.59. The fraction of sp³-hybridized carbons (Fsp3) is 0.316. The van der Waals surface area contributed by atoms with Crippen LogP contribution < -0.4 is 10.6 Å². The normalized spacial score (nSPS) is 10.9. The Morgan fingerprint density at radius 2 is 2.12 bits per heavy atom. The van der Waals surface area contributed by atoms with Crippen molar-refractivity contribution in [3.8, 4) is 11.3 Å². The topological polar surface area (TPSA) is 66.0 Å². The molecule has 0 amide bonds. The molecule has 7 heteroatoms. The Bertz CT molecular complexity index is 805. The summed E-state index contributed by atoms with van der Waals surface area (Å²) >= 11 is 1.59. The van der Waals surface area contributed by atoms with Crippen LogP contribution in [0.2, 0.25) is 0 Å². The molecule has 0 atom stereocenters. The van der Waals surface area contributed by atoms with Crippen LogP contribution in [-0.2, 0) is 0 Å². The number of thiazole rings is 1. The summed E-state index contributed by atoms with van der Waals surface area (Å²) in [5, 5.41) is 8.67. The van der Waals surface area contributed by atoms with Gasteiger partial charge in [-0.25, -0.2) is 9.97 Å². The lowest BCUT2D eigenvalue weighted by Gasteiger charge is -2.14. The summed E-state index contributed by atoms with van der Waals surface area (Å²) in [6, 6.07) is 10.00. The van der Waals surface area contributed by atoms with E-state index in [1.807, 2.05) is 35.2 Å². The molecule has 0 aliphatic heterocycles. The third-order valence-electron chi connectivity index (χ3n) is 4.06. The highest BCUT2D eigenvalue weighted by atomic mass is 32.1. The van der Waals surface area contributed by atoms with Crippen molar-refractivity contribution in [1.82, 2.24) is 19.9 Å². The molecule has 0 bridgehead atoms. The maximum absolute atomic E-state index is 4.54. The number of aromatic nitrogens is 3. The quantitative estimate of drug-likeness (QED) is 0.555. The minimum Gasteiger partial charge on any atom is -0.370 e. The molecular formula is C19H24N6S. The molecular weight excluding hydrogens is 344 g/mol. The van der Waals surface area contributed by atoms with Crippen LogP contribution in [0.4, 0.5) is 17.5 Å². The van der Waals surface area contributed by atoms with E-state index >= 15 is 0 Å². The van der Waals surface area contributed by atoms with Gasteiger partial charge < -0.3 is 15.5 Å². The van der Waals surface area contributed by atoms with Crippen molar-refractivity contribution < 1.29 is 0 Å². The summed E-state index contributed by atoms with van der Waals surface area (Å²) in [5.41, 5.74) is 4.83. The molecule has 2 heterocycles. The Kier molecular flexibility index (Phi) is 6.51. The van der Waals surface area contributed by atoms with Crippen molar-refractivity contribution in [3.63, 3.8) is 0 Å². The van der Waals surface area contributed by atoms with E-state index in [0.29, 0.717) is 5.95 Å². The van der Waals surface area contributed by atoms with Crippen LogP contribution in [0.3, 0.4) is 0 Å². The first-order valence-electron chi connectivity index (χ1n) is 8.75. The molecule has 0 aliphatic carbocycles. The van der Waals surface area contributed by atoms with Crippen molar-refractivity contribution in [3.05, 3.63) is 47.4 Å². The standard InChI is InChI=1S/C19H24N6S/c1-3-25(2)11-5-9-20-18-8-10-21-19(24-18)23-16-7-4-6-15(12-16)17-13-26-14-22-17/h4,6-8,10,12-14H,3,5,9,11H2,1-2H3,(H2,20,21,23,24). The molecule has 0 spiro atoms. The maximum Gasteiger partial charge on any atom is 0.229 e. The van der Waals surface area contributed by atoms with Gasteiger partial charge in [-0.2, -0.15) is 4.98 Å². The van der Waals surface area contributed by atoms with Crippen molar-refractivity contribution in [1.29, 1.82) is 0 Å². The first-order valence-corrected chi connectivity index (χ1v) is 9.70. The zero-order valence-corrected chi connectivity index (χ0v) is 16.0. The smallest absolute Gasteiger partial charge is 0.229 e. The molecule has 1 aromatic carbocycles. The van der Waals surface area contributed by atoms with Gasteiger partial charge in [-0.15, -0.1) is 11.3 Å². The van der Waals surface area contributed by atoms with Gasteiger partial charge in [-0.05, 0) is 44.8 Å². The van der Waals surface area contributed by atoms with E-state index in [1.165, 1.54) is 0 Å². The lowest BCUT2D eigenvalue weighted by Crippen LogP contribution is -2.21. The summed E-state index contributed by atoms with van der Waals surface area (Å²) in [6.07, 6.45) is 2.84. The highest BCUT2D eigenvalue weighted by Gasteiger charge is 2.04. The van der Waals surface area contributed by atoms with Crippen LogP contribution in [0.1, 0.15) is 13.3 Å². The average Bonchev–Trinajstić information content (AvgIpc) is 3.20. The van der Waals surface area contributed by atoms with Gasteiger partial charge in [0.15, 0.2) is 0 Å². The van der Waals surface area contributed by atoms with E-state index in [1.54, 1.807) is 17.5 Å². The minimum atomic E-state index is 0.580. The third kappa shape index (κ3) is 5.24. The van der Waals surface area contributed by atoms with Crippen LogP contribution in [0.25, 0.3) is 11.3 Å². The van der Waals surface area contributed by atoms with Crippen LogP contribution in [0, 0.1) is 0 Å². The second kappa shape index (κ2) is 9.26. The monoisotopic (exact) mass is 368 g/mol. The van der Waals surface area contributed by atoms with Crippen LogP contribution in [0.5, 0.6) is 0 Å². The number of benzene rings is 1. The molecule has 0 saturated heterocycles. The molecule has 3 rings (SSSR count). The third-order valence-corrected chi connectivity index (χ3v) is 4.65. The van der Waals surface area contributed by atoms with Crippen molar-refractivity contribution in [2.45, 2.75) is 13.3 Å². The van der Waals surface area contributed by atoms with Gasteiger partial charge >= 0.3 is 0 Å². The summed E-state index contributed by atoms with van der Waals surface area (Å²) in [7, 11) is 2.13. The molecule has 26 heavy (non-hydrogen) atoms. The largest absolute Gasteiger partial charge is 0.370 e. The lowest BCUT2D eigenvalue weighted by atomic mass is 10.1. The van der Waals surface area contributed by atoms with Gasteiger partial charge in [0.1, 0.15) is 5.82 Å². The van der Waals surface area contributed by atoms with E-state index in [2.05, 4.69) is 50.5 Å². The Morgan fingerprint density at radius 3 is 2.92 bits per heavy atom. The van der Waals surface area contributed by atoms with E-state index in [9.17, 15) is 0 Å². The molecule has 0 unspecified atom stereocenters. The molecule has 2 aromatic heterocycles.